The number of aliphatic hydroxyl groups excluding tert-OH is 1. The Bertz CT molecular complexity index is 410. The Hall–Kier alpha value is -1.69. The molecule has 0 unspecified atom stereocenters. The van der Waals surface area contributed by atoms with E-state index < -0.39 is 4.92 Å². The van der Waals surface area contributed by atoms with Crippen molar-refractivity contribution < 1.29 is 10.0 Å². The van der Waals surface area contributed by atoms with Crippen molar-refractivity contribution in [2.24, 2.45) is 0 Å². The van der Waals surface area contributed by atoms with Crippen LogP contribution in [0.15, 0.2) is 12.1 Å². The number of anilines is 1. The summed E-state index contributed by atoms with van der Waals surface area (Å²) in [5, 5.41) is 23.0. The van der Waals surface area contributed by atoms with Crippen molar-refractivity contribution in [2.45, 2.75) is 39.2 Å². The molecule has 0 saturated carbocycles. The molecule has 1 atom stereocenters. The van der Waals surface area contributed by atoms with Crippen LogP contribution in [0, 0.1) is 17.0 Å². The number of aliphatic hydroxyl groups is 1. The number of hydrogen-bond donors (Lipinski definition) is 2. The predicted octanol–water partition coefficient (Wildman–Crippen LogP) is 2.26. The van der Waals surface area contributed by atoms with Gasteiger partial charge in [0.2, 0.25) is 0 Å². The summed E-state index contributed by atoms with van der Waals surface area (Å²) in [7, 11) is 0. The van der Waals surface area contributed by atoms with Gasteiger partial charge in [-0.3, -0.25) is 10.1 Å². The highest BCUT2D eigenvalue weighted by molar-refractivity contribution is 5.45. The molecule has 1 aromatic heterocycles. The van der Waals surface area contributed by atoms with Gasteiger partial charge in [0.25, 0.3) is 5.69 Å². The SMILES string of the molecule is CCCC[C@H](CO)Nc1ccc([N+](=O)[O-])c(C)n1. The zero-order chi connectivity index (χ0) is 13.5. The molecule has 1 rings (SSSR count). The van der Waals surface area contributed by atoms with E-state index in [0.717, 1.165) is 19.3 Å². The number of nitro groups is 1. The van der Waals surface area contributed by atoms with Crippen LogP contribution in [0.4, 0.5) is 11.5 Å². The van der Waals surface area contributed by atoms with Crippen molar-refractivity contribution >= 4 is 11.5 Å². The van der Waals surface area contributed by atoms with Crippen LogP contribution >= 0.6 is 0 Å². The maximum Gasteiger partial charge on any atom is 0.290 e. The Morgan fingerprint density at radius 3 is 2.78 bits per heavy atom. The molecule has 100 valence electrons. The molecule has 0 spiro atoms. The second kappa shape index (κ2) is 6.90. The lowest BCUT2D eigenvalue weighted by atomic mass is 10.1. The van der Waals surface area contributed by atoms with Gasteiger partial charge in [-0.2, -0.15) is 0 Å². The van der Waals surface area contributed by atoms with Crippen molar-refractivity contribution in [3.8, 4) is 0 Å². The molecule has 0 radical (unpaired) electrons. The van der Waals surface area contributed by atoms with E-state index in [1.54, 1.807) is 13.0 Å². The third-order valence-electron chi connectivity index (χ3n) is 2.73. The first-order valence-corrected chi connectivity index (χ1v) is 6.08. The Balaban J connectivity index is 2.72. The van der Waals surface area contributed by atoms with Gasteiger partial charge in [0.05, 0.1) is 17.6 Å². The minimum Gasteiger partial charge on any atom is -0.394 e. The van der Waals surface area contributed by atoms with Crippen molar-refractivity contribution in [3.63, 3.8) is 0 Å². The van der Waals surface area contributed by atoms with Crippen LogP contribution in [-0.4, -0.2) is 27.7 Å². The summed E-state index contributed by atoms with van der Waals surface area (Å²) in [5.41, 5.74) is 0.381. The molecule has 1 heterocycles. The topological polar surface area (TPSA) is 88.3 Å². The Labute approximate surface area is 106 Å². The molecule has 18 heavy (non-hydrogen) atoms. The molecule has 6 heteroatoms. The number of aromatic nitrogens is 1. The molecule has 6 nitrogen and oxygen atoms in total. The highest BCUT2D eigenvalue weighted by atomic mass is 16.6. The fourth-order valence-electron chi connectivity index (χ4n) is 1.70. The second-order valence-electron chi connectivity index (χ2n) is 4.22. The predicted molar refractivity (Wildman–Crippen MR) is 69.6 cm³/mol. The third-order valence-corrected chi connectivity index (χ3v) is 2.73. The molecule has 0 aliphatic rings. The van der Waals surface area contributed by atoms with Gasteiger partial charge in [-0.25, -0.2) is 4.98 Å². The average molecular weight is 253 g/mol. The zero-order valence-electron chi connectivity index (χ0n) is 10.7. The number of hydrogen-bond acceptors (Lipinski definition) is 5. The number of aryl methyl sites for hydroxylation is 1. The summed E-state index contributed by atoms with van der Waals surface area (Å²) in [4.78, 5) is 14.3. The maximum absolute atomic E-state index is 10.7. The van der Waals surface area contributed by atoms with Crippen LogP contribution in [0.2, 0.25) is 0 Å². The van der Waals surface area contributed by atoms with E-state index in [0.29, 0.717) is 11.5 Å². The second-order valence-corrected chi connectivity index (χ2v) is 4.22. The maximum atomic E-state index is 10.7. The molecule has 0 bridgehead atoms. The van der Waals surface area contributed by atoms with Crippen molar-refractivity contribution in [2.75, 3.05) is 11.9 Å². The molecule has 0 aliphatic heterocycles. The van der Waals surface area contributed by atoms with Crippen LogP contribution in [0.25, 0.3) is 0 Å². The standard InChI is InChI=1S/C12H19N3O3/c1-3-4-5-10(8-16)14-12-7-6-11(15(17)18)9(2)13-12/h6-7,10,16H,3-5,8H2,1-2H3,(H,13,14)/t10-/m1/s1. The smallest absolute Gasteiger partial charge is 0.290 e. The first kappa shape index (κ1) is 14.4. The van der Waals surface area contributed by atoms with E-state index in [4.69, 9.17) is 0 Å². The number of rotatable bonds is 7. The van der Waals surface area contributed by atoms with Crippen LogP contribution < -0.4 is 5.32 Å². The first-order chi connectivity index (χ1) is 8.58. The van der Waals surface area contributed by atoms with Crippen LogP contribution in [0.3, 0.4) is 0 Å². The summed E-state index contributed by atoms with van der Waals surface area (Å²) in [6.45, 7) is 3.71. The van der Waals surface area contributed by atoms with E-state index in [-0.39, 0.29) is 18.3 Å². The summed E-state index contributed by atoms with van der Waals surface area (Å²) in [5.74, 6) is 0.563. The van der Waals surface area contributed by atoms with Gasteiger partial charge < -0.3 is 10.4 Å². The normalized spacial score (nSPS) is 12.2. The molecular formula is C12H19N3O3. The molecular weight excluding hydrogens is 234 g/mol. The quantitative estimate of drug-likeness (QED) is 0.574. The zero-order valence-corrected chi connectivity index (χ0v) is 10.7. The first-order valence-electron chi connectivity index (χ1n) is 6.08. The monoisotopic (exact) mass is 253 g/mol. The molecule has 0 amide bonds. The minimum absolute atomic E-state index is 0.00894. The third kappa shape index (κ3) is 3.96. The summed E-state index contributed by atoms with van der Waals surface area (Å²) >= 11 is 0. The average Bonchev–Trinajstić information content (AvgIpc) is 2.34. The summed E-state index contributed by atoms with van der Waals surface area (Å²) in [6.07, 6.45) is 2.93. The molecule has 1 aromatic rings. The van der Waals surface area contributed by atoms with Gasteiger partial charge in [0, 0.05) is 6.07 Å². The highest BCUT2D eigenvalue weighted by Gasteiger charge is 2.13. The van der Waals surface area contributed by atoms with Crippen molar-refractivity contribution in [1.82, 2.24) is 4.98 Å². The van der Waals surface area contributed by atoms with E-state index in [1.165, 1.54) is 6.07 Å². The summed E-state index contributed by atoms with van der Waals surface area (Å²) < 4.78 is 0. The lowest BCUT2D eigenvalue weighted by molar-refractivity contribution is -0.385. The van der Waals surface area contributed by atoms with Crippen LogP contribution in [0.1, 0.15) is 31.9 Å². The largest absolute Gasteiger partial charge is 0.394 e. The van der Waals surface area contributed by atoms with Crippen molar-refractivity contribution in [1.29, 1.82) is 0 Å². The lowest BCUT2D eigenvalue weighted by Crippen LogP contribution is -2.24. The van der Waals surface area contributed by atoms with Gasteiger partial charge in [0.1, 0.15) is 11.5 Å². The van der Waals surface area contributed by atoms with E-state index in [9.17, 15) is 15.2 Å². The van der Waals surface area contributed by atoms with Gasteiger partial charge in [0.15, 0.2) is 0 Å². The van der Waals surface area contributed by atoms with E-state index in [1.807, 2.05) is 0 Å². The fourth-order valence-corrected chi connectivity index (χ4v) is 1.70. The molecule has 2 N–H and O–H groups in total. The number of unbranched alkanes of at least 4 members (excludes halogenated alkanes) is 1. The lowest BCUT2D eigenvalue weighted by Gasteiger charge is -2.16. The van der Waals surface area contributed by atoms with Gasteiger partial charge in [-0.05, 0) is 19.4 Å². The summed E-state index contributed by atoms with van der Waals surface area (Å²) in [6, 6.07) is 2.94. The Morgan fingerprint density at radius 2 is 2.28 bits per heavy atom. The van der Waals surface area contributed by atoms with Crippen LogP contribution in [-0.2, 0) is 0 Å². The molecule has 0 fully saturated rings. The molecule has 0 aliphatic carbocycles. The number of nitrogens with zero attached hydrogens (tertiary/aromatic N) is 2. The van der Waals surface area contributed by atoms with E-state index >= 15 is 0 Å². The van der Waals surface area contributed by atoms with Gasteiger partial charge in [-0.1, -0.05) is 19.8 Å². The van der Waals surface area contributed by atoms with E-state index in [2.05, 4.69) is 17.2 Å². The molecule has 0 saturated heterocycles. The number of nitrogens with one attached hydrogen (secondary N) is 1. The fraction of sp³-hybridized carbons (Fsp3) is 0.583. The minimum atomic E-state index is -0.452. The Morgan fingerprint density at radius 1 is 1.56 bits per heavy atom. The van der Waals surface area contributed by atoms with Gasteiger partial charge in [-0.15, -0.1) is 0 Å². The highest BCUT2D eigenvalue weighted by Crippen LogP contribution is 2.18. The van der Waals surface area contributed by atoms with Gasteiger partial charge >= 0.3 is 0 Å². The molecule has 0 aromatic carbocycles. The number of pyridine rings is 1. The van der Waals surface area contributed by atoms with Crippen LogP contribution in [0.5, 0.6) is 0 Å². The Kier molecular flexibility index (Phi) is 5.51. The van der Waals surface area contributed by atoms with Crippen molar-refractivity contribution in [3.05, 3.63) is 27.9 Å².